The lowest BCUT2D eigenvalue weighted by atomic mass is 9.92. The molecule has 1 aliphatic rings. The normalized spacial score (nSPS) is 18.2. The first-order chi connectivity index (χ1) is 14.8. The fourth-order valence-corrected chi connectivity index (χ4v) is 3.51. The van der Waals surface area contributed by atoms with Crippen molar-refractivity contribution in [1.82, 2.24) is 10.3 Å². The van der Waals surface area contributed by atoms with Crippen LogP contribution in [0, 0.1) is 25.1 Å². The van der Waals surface area contributed by atoms with Crippen molar-refractivity contribution in [2.24, 2.45) is 5.29 Å². The van der Waals surface area contributed by atoms with Crippen LogP contribution in [0.2, 0.25) is 0 Å². The fraction of sp³-hybridized carbons (Fsp3) is 0.211. The van der Waals surface area contributed by atoms with Gasteiger partial charge in [-0.1, -0.05) is 12.1 Å². The van der Waals surface area contributed by atoms with Crippen molar-refractivity contribution < 1.29 is 19.4 Å². The number of nitro groups is 2. The minimum Gasteiger partial charge on any atom is -0.466 e. The number of carbonyl (C=O) groups is 1. The van der Waals surface area contributed by atoms with Crippen LogP contribution in [0.15, 0.2) is 65.1 Å². The van der Waals surface area contributed by atoms with Gasteiger partial charge in [0.15, 0.2) is 6.17 Å². The van der Waals surface area contributed by atoms with Gasteiger partial charge in [0.25, 0.3) is 11.4 Å². The third kappa shape index (κ3) is 3.90. The number of ether oxygens (including phenoxy) is 1. The van der Waals surface area contributed by atoms with Crippen molar-refractivity contribution in [3.8, 4) is 0 Å². The molecule has 12 heteroatoms. The molecular weight excluding hydrogens is 410 g/mol. The summed E-state index contributed by atoms with van der Waals surface area (Å²) in [6.45, 7) is 1.56. The summed E-state index contributed by atoms with van der Waals surface area (Å²) in [7, 11) is 1.17. The third-order valence-corrected chi connectivity index (χ3v) is 4.91. The van der Waals surface area contributed by atoms with Crippen LogP contribution >= 0.6 is 0 Å². The number of nitrogens with zero attached hydrogens (tertiary/aromatic N) is 4. The quantitative estimate of drug-likeness (QED) is 0.316. The third-order valence-electron chi connectivity index (χ3n) is 4.91. The molecule has 160 valence electrons. The molecule has 0 saturated heterocycles. The summed E-state index contributed by atoms with van der Waals surface area (Å²) in [4.78, 5) is 45.8. The van der Waals surface area contributed by atoms with Crippen molar-refractivity contribution >= 4 is 17.3 Å². The molecule has 0 aliphatic carbocycles. The highest BCUT2D eigenvalue weighted by molar-refractivity contribution is 5.91. The minimum absolute atomic E-state index is 0.0470. The van der Waals surface area contributed by atoms with Crippen molar-refractivity contribution in [3.63, 3.8) is 0 Å². The summed E-state index contributed by atoms with van der Waals surface area (Å²) in [5.41, 5.74) is 0.436. The maximum absolute atomic E-state index is 12.5. The summed E-state index contributed by atoms with van der Waals surface area (Å²) < 4.78 is 4.85. The number of non-ortho nitro benzene ring substituents is 1. The summed E-state index contributed by atoms with van der Waals surface area (Å²) in [6.07, 6.45) is -1.08. The van der Waals surface area contributed by atoms with Crippen LogP contribution in [0.1, 0.15) is 30.3 Å². The zero-order valence-electron chi connectivity index (χ0n) is 16.4. The van der Waals surface area contributed by atoms with Crippen molar-refractivity contribution in [2.75, 3.05) is 7.11 Å². The lowest BCUT2D eigenvalue weighted by molar-refractivity contribution is -0.386. The Labute approximate surface area is 175 Å². The molecule has 3 rings (SSSR count). The van der Waals surface area contributed by atoms with Gasteiger partial charge in [0.05, 0.1) is 33.4 Å². The van der Waals surface area contributed by atoms with Gasteiger partial charge in [-0.05, 0) is 30.7 Å². The predicted octanol–water partition coefficient (Wildman–Crippen LogP) is 3.28. The van der Waals surface area contributed by atoms with E-state index in [1.165, 1.54) is 49.6 Å². The number of para-hydroxylation sites is 1. The van der Waals surface area contributed by atoms with Crippen LogP contribution in [0.4, 0.5) is 11.4 Å². The molecule has 1 heterocycles. The van der Waals surface area contributed by atoms with E-state index in [9.17, 15) is 29.9 Å². The first-order valence-electron chi connectivity index (χ1n) is 8.95. The van der Waals surface area contributed by atoms with Crippen molar-refractivity contribution in [3.05, 3.63) is 96.1 Å². The second-order valence-corrected chi connectivity index (χ2v) is 6.61. The molecule has 0 aromatic heterocycles. The van der Waals surface area contributed by atoms with Crippen molar-refractivity contribution in [2.45, 2.75) is 19.1 Å². The zero-order valence-corrected chi connectivity index (χ0v) is 16.4. The molecule has 1 aliphatic heterocycles. The Morgan fingerprint density at radius 1 is 1.10 bits per heavy atom. The Morgan fingerprint density at radius 3 is 2.29 bits per heavy atom. The number of methoxy groups -OCH3 is 1. The Kier molecular flexibility index (Phi) is 5.90. The highest BCUT2D eigenvalue weighted by Gasteiger charge is 2.42. The zero-order chi connectivity index (χ0) is 22.7. The second-order valence-electron chi connectivity index (χ2n) is 6.61. The van der Waals surface area contributed by atoms with Gasteiger partial charge in [-0.2, -0.15) is 0 Å². The number of nitro benzene ring substituents is 2. The van der Waals surface area contributed by atoms with E-state index in [0.29, 0.717) is 11.3 Å². The van der Waals surface area contributed by atoms with Gasteiger partial charge in [0.1, 0.15) is 6.04 Å². The van der Waals surface area contributed by atoms with E-state index >= 15 is 0 Å². The molecule has 2 aromatic carbocycles. The summed E-state index contributed by atoms with van der Waals surface area (Å²) in [5.74, 6) is -0.747. The highest BCUT2D eigenvalue weighted by Crippen LogP contribution is 2.42. The molecule has 31 heavy (non-hydrogen) atoms. The molecule has 1 N–H and O–H groups in total. The van der Waals surface area contributed by atoms with E-state index in [2.05, 4.69) is 10.6 Å². The van der Waals surface area contributed by atoms with Gasteiger partial charge < -0.3 is 10.1 Å². The monoisotopic (exact) mass is 427 g/mol. The number of rotatable bonds is 6. The van der Waals surface area contributed by atoms with Crippen LogP contribution in [-0.2, 0) is 9.53 Å². The molecule has 12 nitrogen and oxygen atoms in total. The summed E-state index contributed by atoms with van der Waals surface area (Å²) in [5, 5.41) is 29.4. The standard InChI is InChI=1S/C19H17N5O7/c1-11-16(19(25)31-2)17(12-7-9-13(10-8-12)23(27)28)22(21-26)18(20-11)14-5-3-4-6-15(14)24(29)30/h3-10,17-18,20H,1-2H3/t17-,18+/m0/s1. The molecule has 2 atom stereocenters. The van der Waals surface area contributed by atoms with E-state index < -0.39 is 28.0 Å². The smallest absolute Gasteiger partial charge is 0.338 e. The van der Waals surface area contributed by atoms with E-state index in [1.807, 2.05) is 0 Å². The van der Waals surface area contributed by atoms with E-state index in [4.69, 9.17) is 4.74 Å². The van der Waals surface area contributed by atoms with Crippen LogP contribution in [0.3, 0.4) is 0 Å². The molecule has 0 saturated carbocycles. The molecule has 0 unspecified atom stereocenters. The van der Waals surface area contributed by atoms with Crippen LogP contribution < -0.4 is 5.32 Å². The van der Waals surface area contributed by atoms with E-state index in [-0.39, 0.29) is 22.5 Å². The predicted molar refractivity (Wildman–Crippen MR) is 107 cm³/mol. The van der Waals surface area contributed by atoms with Gasteiger partial charge in [0, 0.05) is 23.9 Å². The number of carbonyl (C=O) groups excluding carboxylic acids is 1. The average Bonchev–Trinajstić information content (AvgIpc) is 2.77. The van der Waals surface area contributed by atoms with Gasteiger partial charge in [-0.3, -0.25) is 20.2 Å². The number of esters is 1. The molecular formula is C19H17N5O7. The number of benzene rings is 2. The fourth-order valence-electron chi connectivity index (χ4n) is 3.51. The lowest BCUT2D eigenvalue weighted by Gasteiger charge is -2.40. The van der Waals surface area contributed by atoms with E-state index in [0.717, 1.165) is 5.01 Å². The molecule has 0 bridgehead atoms. The first-order valence-corrected chi connectivity index (χ1v) is 8.95. The first kappa shape index (κ1) is 21.4. The van der Waals surface area contributed by atoms with Gasteiger partial charge in [-0.15, -0.1) is 4.91 Å². The lowest BCUT2D eigenvalue weighted by Crippen LogP contribution is -2.44. The van der Waals surface area contributed by atoms with Gasteiger partial charge >= 0.3 is 5.97 Å². The van der Waals surface area contributed by atoms with Gasteiger partial charge in [-0.25, -0.2) is 9.80 Å². The molecule has 0 spiro atoms. The Balaban J connectivity index is 2.20. The molecule has 0 radical (unpaired) electrons. The second kappa shape index (κ2) is 8.57. The van der Waals surface area contributed by atoms with Crippen molar-refractivity contribution in [1.29, 1.82) is 0 Å². The molecule has 0 fully saturated rings. The minimum atomic E-state index is -1.10. The number of hydrogen-bond donors (Lipinski definition) is 1. The van der Waals surface area contributed by atoms with Crippen LogP contribution in [0.25, 0.3) is 0 Å². The largest absolute Gasteiger partial charge is 0.466 e. The van der Waals surface area contributed by atoms with Crippen LogP contribution in [-0.4, -0.2) is 27.9 Å². The summed E-state index contributed by atoms with van der Waals surface area (Å²) in [6, 6.07) is 9.94. The highest BCUT2D eigenvalue weighted by atomic mass is 16.6. The molecule has 2 aromatic rings. The number of nitroso groups, excluding NO2 is 1. The SMILES string of the molecule is COC(=O)C1=C(C)N[C@@H](c2ccccc2[N+](=O)[O-])N(N=O)[C@H]1c1ccc([N+](=O)[O-])cc1. The topological polar surface area (TPSA) is 157 Å². The maximum Gasteiger partial charge on any atom is 0.338 e. The average molecular weight is 427 g/mol. The Morgan fingerprint density at radius 2 is 1.74 bits per heavy atom. The van der Waals surface area contributed by atoms with Crippen LogP contribution in [0.5, 0.6) is 0 Å². The van der Waals surface area contributed by atoms with E-state index in [1.54, 1.807) is 13.0 Å². The number of nitrogens with one attached hydrogen (secondary N) is 1. The molecule has 0 amide bonds. The number of allylic oxidation sites excluding steroid dienone is 1. The number of hydrogen-bond acceptors (Lipinski definition) is 9. The summed E-state index contributed by atoms with van der Waals surface area (Å²) >= 11 is 0. The Hall–Kier alpha value is -4.35. The maximum atomic E-state index is 12.5. The van der Waals surface area contributed by atoms with Gasteiger partial charge in [0.2, 0.25) is 0 Å². The Bertz CT molecular complexity index is 1080.